The Balaban J connectivity index is 0.000000214. The van der Waals surface area contributed by atoms with Crippen LogP contribution < -0.4 is 5.32 Å². The fourth-order valence-corrected chi connectivity index (χ4v) is 11.3. The first-order valence-electron chi connectivity index (χ1n) is 31.8. The van der Waals surface area contributed by atoms with E-state index in [9.17, 15) is 60.0 Å². The number of hydrogen-bond acceptors (Lipinski definition) is 33. The van der Waals surface area contributed by atoms with Crippen molar-refractivity contribution in [2.45, 2.75) is 207 Å². The number of benzene rings is 1. The highest BCUT2D eigenvalue weighted by Gasteiger charge is 2.52. The van der Waals surface area contributed by atoms with Gasteiger partial charge in [0.1, 0.15) is 100 Å². The van der Waals surface area contributed by atoms with Crippen LogP contribution in [-0.4, -0.2) is 306 Å². The van der Waals surface area contributed by atoms with E-state index in [-0.39, 0.29) is 38.8 Å². The number of nitrogens with one attached hydrogen (secondary N) is 1. The van der Waals surface area contributed by atoms with Gasteiger partial charge in [0.05, 0.1) is 36.6 Å². The molecule has 9 rings (SSSR count). The average molecular weight is 1430 g/mol. The van der Waals surface area contributed by atoms with Gasteiger partial charge in [0.15, 0.2) is 62.5 Å². The Bertz CT molecular complexity index is 2920. The van der Waals surface area contributed by atoms with Gasteiger partial charge in [0, 0.05) is 76.6 Å². The average Bonchev–Trinajstić information content (AvgIpc) is 1.74. The lowest BCUT2D eigenvalue weighted by Gasteiger charge is -2.40. The van der Waals surface area contributed by atoms with E-state index in [4.69, 9.17) is 89.7 Å². The minimum absolute atomic E-state index is 0.0598. The van der Waals surface area contributed by atoms with Gasteiger partial charge in [-0.25, -0.2) is 19.1 Å². The standard InChI is InChI=1S/C23H32N4O8.C14H24O7Si.C13H22O8.C13H18O8/c1-31-20-18(28)19(29)23(32-2)35-21(20)22(30)24-11-14-6-8-15(9-7-14)27-16(12-25-26-27)13-34-17-5-3-4-10-33-17;1-18-11-9(15)10(16)14(19-2)21-12(11)13(17)20-7-6-8-22(3,4)5;2*1-17-10-8(14)9(15)13(18-2)21-11(10)12(16)20-6-7-4-3-5-19-7/h6-9,12,17-21,23,28-29H,3-5,10-11,13H2,1-2H3,(H,24,30);9-12,14-16H,7H2,1-5H3;7-11,13-15H,3-6H2,1-2H3;3-5,8-11,13-15H,6H2,1-2H3/t17?,18-,19+,20+,21?,23-;9-,10+,11+,12?,14-;7?,8-,9+,10+,11?,13-;8-,9+,10+,11?,13-/m1111/s1. The normalized spacial score (nSPS) is 32.9. The summed E-state index contributed by atoms with van der Waals surface area (Å²) in [6.45, 7) is 8.17. The zero-order valence-corrected chi connectivity index (χ0v) is 58.1. The van der Waals surface area contributed by atoms with Gasteiger partial charge in [0.25, 0.3) is 5.91 Å². The van der Waals surface area contributed by atoms with E-state index in [1.54, 1.807) is 23.0 Å². The zero-order valence-electron chi connectivity index (χ0n) is 57.1. The molecule has 35 nitrogen and oxygen atoms in total. The molecule has 0 saturated carbocycles. The SMILES string of the molecule is CO[C@@H]1OC(C(=O)NCc2ccc(-n3nncc3COC3CCCCO3)cc2)[C@@H](OC)[C@H](O)[C@@H]1O.CO[C@@H]1OC(C(=O)OCC#C[Si](C)(C)C)[C@@H](OC)[C@H](O)[C@@H]1O.CO[C@@H]1OC(C(=O)OCC2CCCO2)[C@@H](OC)[C@H](O)[C@@H]1O.CO[C@@H]1OC(C(=O)OCc2ccco2)[C@@H](OC)[C@H](O)[C@@H]1O. The Hall–Kier alpha value is -5.62. The minimum atomic E-state index is -1.53. The number of methoxy groups -OCH3 is 8. The van der Waals surface area contributed by atoms with Crippen LogP contribution in [0.1, 0.15) is 49.1 Å². The van der Waals surface area contributed by atoms with E-state index in [1.165, 1.54) is 63.1 Å². The third kappa shape index (κ3) is 23.2. The Kier molecular flexibility index (Phi) is 34.0. The minimum Gasteiger partial charge on any atom is -0.466 e. The van der Waals surface area contributed by atoms with Crippen LogP contribution >= 0.6 is 0 Å². The fourth-order valence-electron chi connectivity index (χ4n) is 10.7. The van der Waals surface area contributed by atoms with Gasteiger partial charge in [-0.15, -0.1) is 10.6 Å². The van der Waals surface area contributed by atoms with E-state index < -0.39 is 155 Å². The number of carbonyl (C=O) groups excluding carboxylic acids is 4. The molecule has 8 heterocycles. The highest BCUT2D eigenvalue weighted by molar-refractivity contribution is 6.83. The third-order valence-electron chi connectivity index (χ3n) is 16.1. The van der Waals surface area contributed by atoms with Crippen LogP contribution in [0.3, 0.4) is 0 Å². The first-order valence-corrected chi connectivity index (χ1v) is 35.3. The van der Waals surface area contributed by atoms with E-state index in [0.717, 1.165) is 49.0 Å². The van der Waals surface area contributed by atoms with Gasteiger partial charge >= 0.3 is 17.9 Å². The molecule has 9 N–H and O–H groups in total. The van der Waals surface area contributed by atoms with Crippen molar-refractivity contribution in [3.05, 3.63) is 65.9 Å². The highest BCUT2D eigenvalue weighted by atomic mass is 28.3. The molecule has 1 aromatic carbocycles. The lowest BCUT2D eigenvalue weighted by atomic mass is 9.98. The third-order valence-corrected chi connectivity index (χ3v) is 17.0. The smallest absolute Gasteiger partial charge is 0.339 e. The second-order valence-electron chi connectivity index (χ2n) is 24.1. The maximum atomic E-state index is 12.7. The van der Waals surface area contributed by atoms with Crippen LogP contribution in [0.2, 0.25) is 19.6 Å². The number of aromatic nitrogens is 3. The van der Waals surface area contributed by atoms with Crippen molar-refractivity contribution in [1.29, 1.82) is 0 Å². The lowest BCUT2D eigenvalue weighted by molar-refractivity contribution is -0.292. The Morgan fingerprint density at radius 3 is 1.49 bits per heavy atom. The summed E-state index contributed by atoms with van der Waals surface area (Å²) in [6, 6.07) is 10.8. The summed E-state index contributed by atoms with van der Waals surface area (Å²) >= 11 is 0. The van der Waals surface area contributed by atoms with E-state index in [2.05, 4.69) is 46.7 Å². The summed E-state index contributed by atoms with van der Waals surface area (Å²) in [4.78, 5) is 49.0. The predicted octanol–water partition coefficient (Wildman–Crippen LogP) is -2.20. The molecule has 36 heteroatoms. The zero-order chi connectivity index (χ0) is 72.5. The van der Waals surface area contributed by atoms with Crippen molar-refractivity contribution in [2.75, 3.05) is 83.3 Å². The van der Waals surface area contributed by atoms with Crippen LogP contribution in [0, 0.1) is 11.5 Å². The molecular weight excluding hydrogens is 1340 g/mol. The molecule has 558 valence electrons. The molecule has 0 bridgehead atoms. The van der Waals surface area contributed by atoms with Crippen LogP contribution in [0.25, 0.3) is 5.69 Å². The number of esters is 3. The highest BCUT2D eigenvalue weighted by Crippen LogP contribution is 2.29. The summed E-state index contributed by atoms with van der Waals surface area (Å²) in [5.74, 6) is 0.643. The molecule has 2 aromatic heterocycles. The first-order chi connectivity index (χ1) is 47.4. The summed E-state index contributed by atoms with van der Waals surface area (Å²) < 4.78 is 100. The molecular formula is C63H96N4O31Si. The number of hydrogen-bond donors (Lipinski definition) is 9. The first kappa shape index (κ1) is 82.3. The molecule has 0 spiro atoms. The number of amides is 1. The van der Waals surface area contributed by atoms with Crippen LogP contribution in [0.15, 0.2) is 53.3 Å². The summed E-state index contributed by atoms with van der Waals surface area (Å²) in [5, 5.41) is 90.5. The van der Waals surface area contributed by atoms with Crippen LogP contribution in [0.4, 0.5) is 0 Å². The molecule has 0 radical (unpaired) electrons. The maximum Gasteiger partial charge on any atom is 0.339 e. The summed E-state index contributed by atoms with van der Waals surface area (Å²) in [6.07, 6.45) is -16.4. The molecule has 99 heavy (non-hydrogen) atoms. The van der Waals surface area contributed by atoms with Crippen molar-refractivity contribution >= 4 is 31.9 Å². The number of aliphatic hydroxyl groups excluding tert-OH is 8. The predicted molar refractivity (Wildman–Crippen MR) is 336 cm³/mol. The van der Waals surface area contributed by atoms with Gasteiger partial charge in [-0.2, -0.15) is 0 Å². The number of aliphatic hydroxyl groups is 8. The molecule has 1 amide bonds. The van der Waals surface area contributed by atoms with Crippen LogP contribution in [-0.2, 0) is 124 Å². The second kappa shape index (κ2) is 40.9. The molecule has 6 unspecified atom stereocenters. The van der Waals surface area contributed by atoms with Crippen molar-refractivity contribution in [1.82, 2.24) is 20.3 Å². The molecule has 22 atom stereocenters. The van der Waals surface area contributed by atoms with Crippen molar-refractivity contribution in [3.63, 3.8) is 0 Å². The monoisotopic (exact) mass is 1430 g/mol. The van der Waals surface area contributed by atoms with Gasteiger partial charge < -0.3 is 136 Å². The Morgan fingerprint density at radius 2 is 1.05 bits per heavy atom. The van der Waals surface area contributed by atoms with Gasteiger partial charge in [-0.05, 0) is 61.9 Å². The number of carbonyl (C=O) groups is 4. The molecule has 6 aliphatic rings. The Morgan fingerprint density at radius 1 is 0.566 bits per heavy atom. The molecule has 0 aliphatic carbocycles. The topological polar surface area (TPSA) is 452 Å². The largest absolute Gasteiger partial charge is 0.466 e. The van der Waals surface area contributed by atoms with Crippen molar-refractivity contribution in [3.8, 4) is 17.2 Å². The lowest BCUT2D eigenvalue weighted by Crippen LogP contribution is -2.62. The molecule has 6 aliphatic heterocycles. The van der Waals surface area contributed by atoms with E-state index in [1.807, 2.05) is 24.3 Å². The molecule has 6 fully saturated rings. The number of rotatable bonds is 23. The molecule has 3 aromatic rings. The Labute approximate surface area is 573 Å². The van der Waals surface area contributed by atoms with Crippen molar-refractivity contribution in [2.24, 2.45) is 0 Å². The fraction of sp³-hybridized carbons (Fsp3) is 0.714. The van der Waals surface area contributed by atoms with Gasteiger partial charge in [-0.3, -0.25) is 4.79 Å². The van der Waals surface area contributed by atoms with E-state index in [0.29, 0.717) is 25.6 Å². The number of furan rings is 1. The van der Waals surface area contributed by atoms with Crippen LogP contribution in [0.5, 0.6) is 0 Å². The van der Waals surface area contributed by atoms with Gasteiger partial charge in [0.2, 0.25) is 0 Å². The molecule has 6 saturated heterocycles. The van der Waals surface area contributed by atoms with E-state index >= 15 is 0 Å². The summed E-state index contributed by atoms with van der Waals surface area (Å²) in [7, 11) is 8.95. The van der Waals surface area contributed by atoms with Gasteiger partial charge in [-0.1, -0.05) is 42.9 Å². The maximum absolute atomic E-state index is 12.7. The second-order valence-corrected chi connectivity index (χ2v) is 28.9. The summed E-state index contributed by atoms with van der Waals surface area (Å²) in [5.41, 5.74) is 5.51. The van der Waals surface area contributed by atoms with Crippen molar-refractivity contribution < 1.29 is 150 Å². The quantitative estimate of drug-likeness (QED) is 0.0211. The number of nitrogens with zero attached hydrogens (tertiary/aromatic N) is 3. The number of ether oxygens (including phenoxy) is 18.